The Balaban J connectivity index is 2.62. The zero-order valence-corrected chi connectivity index (χ0v) is 14.3. The molecule has 0 radical (unpaired) electrons. The molecule has 0 aliphatic rings. The fourth-order valence-corrected chi connectivity index (χ4v) is 3.47. The molecular formula is C14H10N2O8S2. The first-order chi connectivity index (χ1) is 12.1. The highest BCUT2D eigenvalue weighted by Crippen LogP contribution is 2.27. The van der Waals surface area contributed by atoms with Gasteiger partial charge in [-0.2, -0.15) is 16.8 Å². The summed E-state index contributed by atoms with van der Waals surface area (Å²) in [4.78, 5) is 19.8. The van der Waals surface area contributed by atoms with Gasteiger partial charge in [0.05, 0.1) is 0 Å². The summed E-state index contributed by atoms with van der Waals surface area (Å²) in [7, 11) is -9.39. The molecule has 0 saturated heterocycles. The molecule has 0 aromatic heterocycles. The van der Waals surface area contributed by atoms with Gasteiger partial charge in [0.15, 0.2) is 0 Å². The Labute approximate surface area is 147 Å². The third kappa shape index (κ3) is 4.43. The van der Waals surface area contributed by atoms with Gasteiger partial charge >= 0.3 is 0 Å². The van der Waals surface area contributed by atoms with Crippen LogP contribution >= 0.6 is 0 Å². The van der Waals surface area contributed by atoms with E-state index in [0.29, 0.717) is 0 Å². The van der Waals surface area contributed by atoms with Crippen molar-refractivity contribution < 1.29 is 25.9 Å². The molecule has 2 aromatic carbocycles. The molecule has 26 heavy (non-hydrogen) atoms. The second-order valence-electron chi connectivity index (χ2n) is 4.91. The van der Waals surface area contributed by atoms with E-state index in [1.54, 1.807) is 0 Å². The van der Waals surface area contributed by atoms with Crippen molar-refractivity contribution in [2.45, 2.75) is 9.79 Å². The van der Waals surface area contributed by atoms with Crippen LogP contribution in [0.4, 0.5) is 11.4 Å². The Bertz CT molecular complexity index is 1030. The van der Waals surface area contributed by atoms with Crippen LogP contribution in [0.5, 0.6) is 0 Å². The zero-order chi connectivity index (χ0) is 19.5. The fourth-order valence-electron chi connectivity index (χ4n) is 2.06. The van der Waals surface area contributed by atoms with E-state index < -0.39 is 30.0 Å². The number of hydrogen-bond donors (Lipinski definition) is 2. The van der Waals surface area contributed by atoms with Gasteiger partial charge < -0.3 is 0 Å². The van der Waals surface area contributed by atoms with Gasteiger partial charge in [-0.25, -0.2) is 0 Å². The van der Waals surface area contributed by atoms with Crippen LogP contribution in [-0.4, -0.2) is 25.9 Å². The van der Waals surface area contributed by atoms with Gasteiger partial charge in [0.2, 0.25) is 0 Å². The van der Waals surface area contributed by atoms with Crippen LogP contribution in [-0.2, 0) is 20.2 Å². The average molecular weight is 398 g/mol. The maximum absolute atomic E-state index is 11.4. The van der Waals surface area contributed by atoms with Gasteiger partial charge in [0, 0.05) is 0 Å². The maximum atomic E-state index is 11.4. The summed E-state index contributed by atoms with van der Waals surface area (Å²) in [5.74, 6) is 0. The lowest BCUT2D eigenvalue weighted by molar-refractivity contribution is 0.480. The van der Waals surface area contributed by atoms with Gasteiger partial charge in [0.1, 0.15) is 21.2 Å². The average Bonchev–Trinajstić information content (AvgIpc) is 2.58. The summed E-state index contributed by atoms with van der Waals surface area (Å²) in [6, 6.07) is 6.39. The van der Waals surface area contributed by atoms with Crippen LogP contribution in [0.1, 0.15) is 11.1 Å². The molecule has 0 fully saturated rings. The van der Waals surface area contributed by atoms with Crippen molar-refractivity contribution in [3.63, 3.8) is 0 Å². The molecule has 0 atom stereocenters. The van der Waals surface area contributed by atoms with E-state index in [1.807, 2.05) is 0 Å². The number of nitrogens with zero attached hydrogens (tertiary/aromatic N) is 2. The lowest BCUT2D eigenvalue weighted by Crippen LogP contribution is -2.01. The third-order valence-corrected chi connectivity index (χ3v) is 5.02. The summed E-state index contributed by atoms with van der Waals surface area (Å²) in [5, 5.41) is 5.14. The summed E-state index contributed by atoms with van der Waals surface area (Å²) in [6.07, 6.45) is 2.27. The van der Waals surface area contributed by atoms with Gasteiger partial charge in [-0.05, 0) is 45.7 Å². The molecular weight excluding hydrogens is 388 g/mol. The smallest absolute Gasteiger partial charge is 0.282 e. The first kappa shape index (κ1) is 19.5. The Morgan fingerprint density at radius 3 is 1.31 bits per heavy atom. The predicted molar refractivity (Wildman–Crippen MR) is 92.4 cm³/mol. The molecule has 0 bridgehead atoms. The van der Waals surface area contributed by atoms with E-state index in [0.717, 1.165) is 24.3 Å². The van der Waals surface area contributed by atoms with Gasteiger partial charge in [-0.15, -0.1) is 9.81 Å². The number of benzene rings is 2. The normalized spacial score (nSPS) is 12.2. The van der Waals surface area contributed by atoms with Crippen LogP contribution in [0.25, 0.3) is 12.2 Å². The summed E-state index contributed by atoms with van der Waals surface area (Å²) in [6.45, 7) is 0. The number of rotatable bonds is 6. The summed E-state index contributed by atoms with van der Waals surface area (Å²) in [5.41, 5.74) is -0.623. The van der Waals surface area contributed by atoms with E-state index >= 15 is 0 Å². The summed E-state index contributed by atoms with van der Waals surface area (Å²) >= 11 is 0. The highest BCUT2D eigenvalue weighted by Gasteiger charge is 2.17. The molecule has 0 amide bonds. The lowest BCUT2D eigenvalue weighted by Gasteiger charge is -2.05. The minimum absolute atomic E-state index is 0.0706. The topological polar surface area (TPSA) is 168 Å². The molecule has 0 unspecified atom stereocenters. The van der Waals surface area contributed by atoms with Crippen LogP contribution in [0, 0.1) is 9.81 Å². The van der Waals surface area contributed by atoms with Crippen LogP contribution in [0.2, 0.25) is 0 Å². The highest BCUT2D eigenvalue weighted by atomic mass is 32.2. The van der Waals surface area contributed by atoms with Crippen LogP contribution in [0.15, 0.2) is 56.5 Å². The largest absolute Gasteiger partial charge is 0.295 e. The highest BCUT2D eigenvalue weighted by molar-refractivity contribution is 7.86. The maximum Gasteiger partial charge on any atom is 0.295 e. The molecule has 2 aromatic rings. The zero-order valence-electron chi connectivity index (χ0n) is 12.7. The van der Waals surface area contributed by atoms with Gasteiger partial charge in [-0.1, -0.05) is 24.3 Å². The molecule has 0 heterocycles. The predicted octanol–water partition coefficient (Wildman–Crippen LogP) is 3.15. The van der Waals surface area contributed by atoms with Crippen molar-refractivity contribution in [1.29, 1.82) is 0 Å². The van der Waals surface area contributed by atoms with Crippen molar-refractivity contribution >= 4 is 43.8 Å². The SMILES string of the molecule is O=Nc1ccc(/C=C/c2ccc(N=O)cc2S(=O)(=O)O)c(S(=O)(=O)O)c1. The van der Waals surface area contributed by atoms with Crippen molar-refractivity contribution in [3.8, 4) is 0 Å². The van der Waals surface area contributed by atoms with E-state index in [9.17, 15) is 35.8 Å². The Morgan fingerprint density at radius 2 is 1.04 bits per heavy atom. The second kappa shape index (κ2) is 7.21. The Hall–Kier alpha value is -2.80. The Morgan fingerprint density at radius 1 is 0.692 bits per heavy atom. The Kier molecular flexibility index (Phi) is 5.41. The van der Waals surface area contributed by atoms with Crippen LogP contribution < -0.4 is 0 Å². The number of nitroso groups, excluding NO2 is 2. The van der Waals surface area contributed by atoms with Crippen molar-refractivity contribution in [1.82, 2.24) is 0 Å². The van der Waals surface area contributed by atoms with E-state index in [2.05, 4.69) is 10.4 Å². The molecule has 10 nitrogen and oxygen atoms in total. The van der Waals surface area contributed by atoms with Crippen LogP contribution in [0.3, 0.4) is 0 Å². The molecule has 136 valence electrons. The van der Waals surface area contributed by atoms with E-state index in [1.165, 1.54) is 24.3 Å². The van der Waals surface area contributed by atoms with Crippen molar-refractivity contribution in [2.24, 2.45) is 10.4 Å². The molecule has 0 aliphatic heterocycles. The molecule has 0 aliphatic carbocycles. The monoisotopic (exact) mass is 398 g/mol. The minimum atomic E-state index is -4.69. The molecule has 2 rings (SSSR count). The van der Waals surface area contributed by atoms with E-state index in [4.69, 9.17) is 0 Å². The quantitative estimate of drug-likeness (QED) is 0.425. The third-order valence-electron chi connectivity index (χ3n) is 3.20. The molecule has 2 N–H and O–H groups in total. The first-order valence-electron chi connectivity index (χ1n) is 6.64. The van der Waals surface area contributed by atoms with Crippen molar-refractivity contribution in [3.05, 3.63) is 57.3 Å². The summed E-state index contributed by atoms with van der Waals surface area (Å²) < 4.78 is 64.3. The lowest BCUT2D eigenvalue weighted by atomic mass is 10.1. The number of hydrogen-bond acceptors (Lipinski definition) is 8. The second-order valence-corrected chi connectivity index (χ2v) is 7.69. The van der Waals surface area contributed by atoms with Gasteiger partial charge in [-0.3, -0.25) is 9.11 Å². The molecule has 0 saturated carbocycles. The minimum Gasteiger partial charge on any atom is -0.282 e. The first-order valence-corrected chi connectivity index (χ1v) is 9.52. The fraction of sp³-hybridized carbons (Fsp3) is 0. The molecule has 12 heteroatoms. The van der Waals surface area contributed by atoms with Gasteiger partial charge in [0.25, 0.3) is 20.2 Å². The molecule has 0 spiro atoms. The van der Waals surface area contributed by atoms with E-state index in [-0.39, 0.29) is 22.5 Å². The standard InChI is InChI=1S/C14H10N2O8S2/c17-15-11-5-3-9(13(7-11)25(19,20)21)1-2-10-4-6-12(16-18)8-14(10)26(22,23)24/h1-8H,(H,19,20,21)(H,22,23,24)/b2-1+. The van der Waals surface area contributed by atoms with Crippen molar-refractivity contribution in [2.75, 3.05) is 0 Å².